The summed E-state index contributed by atoms with van der Waals surface area (Å²) in [6.07, 6.45) is 3.85. The zero-order valence-electron chi connectivity index (χ0n) is 8.94. The molecule has 0 fully saturated rings. The fraction of sp³-hybridized carbons (Fsp3) is 0.333. The topological polar surface area (TPSA) is 37.8 Å². The lowest BCUT2D eigenvalue weighted by molar-refractivity contribution is 0.621. The maximum absolute atomic E-state index is 4.64. The van der Waals surface area contributed by atoms with Crippen molar-refractivity contribution in [3.05, 3.63) is 45.7 Å². The Labute approximate surface area is 98.6 Å². The molecule has 0 aromatic carbocycles. The highest BCUT2D eigenvalue weighted by Crippen LogP contribution is 2.15. The van der Waals surface area contributed by atoms with Gasteiger partial charge in [0.05, 0.1) is 0 Å². The molecule has 0 unspecified atom stereocenters. The van der Waals surface area contributed by atoms with Crippen molar-refractivity contribution in [2.75, 3.05) is 6.54 Å². The van der Waals surface area contributed by atoms with Gasteiger partial charge in [0, 0.05) is 48.3 Å². The fourth-order valence-corrected chi connectivity index (χ4v) is 2.63. The van der Waals surface area contributed by atoms with Crippen LogP contribution in [-0.2, 0) is 19.4 Å². The van der Waals surface area contributed by atoms with Crippen LogP contribution in [0.5, 0.6) is 0 Å². The molecule has 0 saturated heterocycles. The van der Waals surface area contributed by atoms with Crippen molar-refractivity contribution in [2.24, 2.45) is 0 Å². The highest BCUT2D eigenvalue weighted by molar-refractivity contribution is 7.09. The molecule has 0 aliphatic carbocycles. The van der Waals surface area contributed by atoms with Crippen molar-refractivity contribution in [3.63, 3.8) is 0 Å². The van der Waals surface area contributed by atoms with E-state index in [9.17, 15) is 0 Å². The second-order valence-electron chi connectivity index (χ2n) is 3.94. The van der Waals surface area contributed by atoms with E-state index in [1.807, 2.05) is 6.20 Å². The molecule has 3 nitrogen and oxygen atoms in total. The Bertz CT molecular complexity index is 479. The minimum absolute atomic E-state index is 0.859. The predicted molar refractivity (Wildman–Crippen MR) is 64.6 cm³/mol. The predicted octanol–water partition coefficient (Wildman–Crippen LogP) is 1.77. The molecule has 0 spiro atoms. The highest BCUT2D eigenvalue weighted by Gasteiger charge is 2.11. The lowest BCUT2D eigenvalue weighted by Crippen LogP contribution is -2.25. The molecular formula is C12H13N3S. The summed E-state index contributed by atoms with van der Waals surface area (Å²) in [7, 11) is 0. The minimum Gasteiger partial charge on any atom is -0.312 e. The molecule has 4 heteroatoms. The molecule has 0 atom stereocenters. The van der Waals surface area contributed by atoms with Crippen LogP contribution < -0.4 is 5.32 Å². The second-order valence-corrected chi connectivity index (χ2v) is 4.97. The summed E-state index contributed by atoms with van der Waals surface area (Å²) in [4.78, 5) is 10.4. The van der Waals surface area contributed by atoms with Gasteiger partial charge in [0.1, 0.15) is 5.82 Å². The molecule has 0 bridgehead atoms. The zero-order chi connectivity index (χ0) is 10.8. The quantitative estimate of drug-likeness (QED) is 0.856. The number of fused-ring (bicyclic) bond motifs is 1. The van der Waals surface area contributed by atoms with Gasteiger partial charge < -0.3 is 5.32 Å². The fourth-order valence-electron chi connectivity index (χ4n) is 1.93. The van der Waals surface area contributed by atoms with E-state index in [1.54, 1.807) is 11.3 Å². The Hall–Kier alpha value is -1.26. The van der Waals surface area contributed by atoms with Crippen molar-refractivity contribution in [1.82, 2.24) is 15.3 Å². The van der Waals surface area contributed by atoms with Gasteiger partial charge >= 0.3 is 0 Å². The van der Waals surface area contributed by atoms with Crippen LogP contribution in [0, 0.1) is 0 Å². The molecule has 2 aromatic rings. The first-order valence-corrected chi connectivity index (χ1v) is 6.36. The Balaban J connectivity index is 1.86. The van der Waals surface area contributed by atoms with Crippen molar-refractivity contribution in [3.8, 4) is 0 Å². The first-order chi connectivity index (χ1) is 7.92. The lowest BCUT2D eigenvalue weighted by atomic mass is 10.1. The Kier molecular flexibility index (Phi) is 2.68. The Morgan fingerprint density at radius 1 is 1.44 bits per heavy atom. The molecule has 0 radical (unpaired) electrons. The molecule has 3 heterocycles. The molecule has 82 valence electrons. The van der Waals surface area contributed by atoms with Crippen LogP contribution in [0.2, 0.25) is 0 Å². The van der Waals surface area contributed by atoms with E-state index in [0.29, 0.717) is 0 Å². The number of nitrogens with zero attached hydrogens (tertiary/aromatic N) is 2. The zero-order valence-corrected chi connectivity index (χ0v) is 9.76. The van der Waals surface area contributed by atoms with E-state index in [2.05, 4.69) is 32.8 Å². The van der Waals surface area contributed by atoms with Crippen molar-refractivity contribution >= 4 is 11.3 Å². The molecule has 0 amide bonds. The van der Waals surface area contributed by atoms with Gasteiger partial charge in [0.15, 0.2) is 0 Å². The summed E-state index contributed by atoms with van der Waals surface area (Å²) in [5.74, 6) is 0.947. The monoisotopic (exact) mass is 231 g/mol. The van der Waals surface area contributed by atoms with E-state index in [0.717, 1.165) is 31.8 Å². The van der Waals surface area contributed by atoms with Crippen LogP contribution in [0.25, 0.3) is 0 Å². The molecule has 3 rings (SSSR count). The average Bonchev–Trinajstić information content (AvgIpc) is 2.82. The van der Waals surface area contributed by atoms with Gasteiger partial charge in [-0.2, -0.15) is 0 Å². The Morgan fingerprint density at radius 3 is 3.31 bits per heavy atom. The van der Waals surface area contributed by atoms with Gasteiger partial charge in [-0.1, -0.05) is 6.07 Å². The van der Waals surface area contributed by atoms with Crippen LogP contribution in [0.3, 0.4) is 0 Å². The van der Waals surface area contributed by atoms with Gasteiger partial charge in [-0.25, -0.2) is 9.97 Å². The molecule has 16 heavy (non-hydrogen) atoms. The van der Waals surface area contributed by atoms with Crippen LogP contribution in [-0.4, -0.2) is 16.5 Å². The molecule has 0 saturated carbocycles. The average molecular weight is 231 g/mol. The lowest BCUT2D eigenvalue weighted by Gasteiger charge is -2.15. The summed E-state index contributed by atoms with van der Waals surface area (Å²) >= 11 is 1.76. The van der Waals surface area contributed by atoms with E-state index >= 15 is 0 Å². The number of nitrogens with one attached hydrogen (secondary N) is 1. The number of hydrogen-bond acceptors (Lipinski definition) is 4. The summed E-state index contributed by atoms with van der Waals surface area (Å²) in [6, 6.07) is 4.21. The van der Waals surface area contributed by atoms with Crippen LogP contribution >= 0.6 is 11.3 Å². The molecule has 1 aliphatic rings. The van der Waals surface area contributed by atoms with Gasteiger partial charge in [-0.05, 0) is 11.4 Å². The SMILES string of the molecule is c1csc(Cc2ncc3c(n2)CCNC3)c1. The Morgan fingerprint density at radius 2 is 2.44 bits per heavy atom. The first-order valence-electron chi connectivity index (χ1n) is 5.48. The minimum atomic E-state index is 0.859. The van der Waals surface area contributed by atoms with Crippen molar-refractivity contribution in [1.29, 1.82) is 0 Å². The van der Waals surface area contributed by atoms with Crippen molar-refractivity contribution < 1.29 is 0 Å². The third kappa shape index (κ3) is 1.99. The maximum atomic E-state index is 4.64. The standard InChI is InChI=1S/C12H13N3S/c1-2-10(16-5-1)6-12-14-8-9-7-13-4-3-11(9)15-12/h1-2,5,8,13H,3-4,6-7H2. The summed E-state index contributed by atoms with van der Waals surface area (Å²) in [6.45, 7) is 1.94. The normalized spacial score (nSPS) is 14.8. The van der Waals surface area contributed by atoms with Gasteiger partial charge in [0.2, 0.25) is 0 Å². The van der Waals surface area contributed by atoms with Crippen LogP contribution in [0.15, 0.2) is 23.7 Å². The number of aromatic nitrogens is 2. The van der Waals surface area contributed by atoms with Gasteiger partial charge in [0.25, 0.3) is 0 Å². The van der Waals surface area contributed by atoms with Crippen LogP contribution in [0.1, 0.15) is 22.0 Å². The van der Waals surface area contributed by atoms with E-state index in [1.165, 1.54) is 16.1 Å². The number of thiophene rings is 1. The van der Waals surface area contributed by atoms with Gasteiger partial charge in [-0.15, -0.1) is 11.3 Å². The molecular weight excluding hydrogens is 218 g/mol. The maximum Gasteiger partial charge on any atom is 0.133 e. The van der Waals surface area contributed by atoms with Crippen molar-refractivity contribution in [2.45, 2.75) is 19.4 Å². The largest absolute Gasteiger partial charge is 0.312 e. The van der Waals surface area contributed by atoms with E-state index in [-0.39, 0.29) is 0 Å². The first kappa shape index (κ1) is 9.93. The number of hydrogen-bond donors (Lipinski definition) is 1. The number of rotatable bonds is 2. The second kappa shape index (κ2) is 4.31. The molecule has 1 aliphatic heterocycles. The summed E-state index contributed by atoms with van der Waals surface area (Å²) in [5.41, 5.74) is 2.47. The van der Waals surface area contributed by atoms with Crippen LogP contribution in [0.4, 0.5) is 0 Å². The van der Waals surface area contributed by atoms with E-state index < -0.39 is 0 Å². The molecule has 1 N–H and O–H groups in total. The third-order valence-corrected chi connectivity index (χ3v) is 3.65. The highest BCUT2D eigenvalue weighted by atomic mass is 32.1. The molecule has 2 aromatic heterocycles. The smallest absolute Gasteiger partial charge is 0.133 e. The third-order valence-electron chi connectivity index (χ3n) is 2.77. The summed E-state index contributed by atoms with van der Waals surface area (Å²) in [5, 5.41) is 5.42. The summed E-state index contributed by atoms with van der Waals surface area (Å²) < 4.78 is 0. The van der Waals surface area contributed by atoms with Gasteiger partial charge in [-0.3, -0.25) is 0 Å². The van der Waals surface area contributed by atoms with E-state index in [4.69, 9.17) is 0 Å².